The minimum absolute atomic E-state index is 0.130. The fraction of sp³-hybridized carbons (Fsp3) is 1.00. The summed E-state index contributed by atoms with van der Waals surface area (Å²) in [6, 6.07) is 0.130. The second-order valence-corrected chi connectivity index (χ2v) is 7.68. The number of hydrogen-bond donors (Lipinski definition) is 1. The summed E-state index contributed by atoms with van der Waals surface area (Å²) in [5.41, 5.74) is -0.325. The second kappa shape index (κ2) is 5.45. The van der Waals surface area contributed by atoms with E-state index in [9.17, 15) is 8.42 Å². The predicted molar refractivity (Wildman–Crippen MR) is 71.0 cm³/mol. The molecule has 0 aromatic heterocycles. The normalized spacial score (nSPS) is 34.9. The van der Waals surface area contributed by atoms with Crippen LogP contribution in [0.25, 0.3) is 0 Å². The Morgan fingerprint density at radius 1 is 1.44 bits per heavy atom. The van der Waals surface area contributed by atoms with E-state index < -0.39 is 10.0 Å². The topological polar surface area (TPSA) is 58.6 Å². The van der Waals surface area contributed by atoms with Crippen molar-refractivity contribution in [2.45, 2.75) is 44.2 Å². The van der Waals surface area contributed by atoms with Crippen LogP contribution in [0.4, 0.5) is 0 Å². The summed E-state index contributed by atoms with van der Waals surface area (Å²) in [6.07, 6.45) is 3.85. The van der Waals surface area contributed by atoms with Crippen molar-refractivity contribution in [3.05, 3.63) is 0 Å². The number of rotatable bonds is 4. The van der Waals surface area contributed by atoms with E-state index >= 15 is 0 Å². The maximum atomic E-state index is 12.4. The minimum atomic E-state index is -3.16. The minimum Gasteiger partial charge on any atom is -0.377 e. The Bertz CT molecular complexity index is 379. The maximum absolute atomic E-state index is 12.4. The quantitative estimate of drug-likeness (QED) is 0.815. The van der Waals surface area contributed by atoms with Gasteiger partial charge in [0.05, 0.1) is 11.4 Å². The molecule has 2 aliphatic heterocycles. The molecule has 2 aliphatic rings. The van der Waals surface area contributed by atoms with E-state index in [1.807, 2.05) is 6.92 Å². The maximum Gasteiger partial charge on any atom is 0.215 e. The Morgan fingerprint density at radius 3 is 2.83 bits per heavy atom. The van der Waals surface area contributed by atoms with Gasteiger partial charge in [0, 0.05) is 26.2 Å². The van der Waals surface area contributed by atoms with Crippen molar-refractivity contribution in [2.75, 3.05) is 32.5 Å². The first-order valence-corrected chi connectivity index (χ1v) is 8.32. The van der Waals surface area contributed by atoms with Crippen molar-refractivity contribution in [2.24, 2.45) is 0 Å². The third-order valence-electron chi connectivity index (χ3n) is 4.08. The summed E-state index contributed by atoms with van der Waals surface area (Å²) in [5.74, 6) is 0.229. The largest absolute Gasteiger partial charge is 0.377 e. The predicted octanol–water partition coefficient (Wildman–Crippen LogP) is 0.569. The molecule has 0 bridgehead atoms. The molecule has 0 aliphatic carbocycles. The molecule has 2 fully saturated rings. The highest BCUT2D eigenvalue weighted by molar-refractivity contribution is 7.89. The second-order valence-electron chi connectivity index (χ2n) is 5.66. The number of methoxy groups -OCH3 is 1. The molecule has 0 amide bonds. The molecule has 6 heteroatoms. The summed E-state index contributed by atoms with van der Waals surface area (Å²) in [6.45, 7) is 4.05. The lowest BCUT2D eigenvalue weighted by Crippen LogP contribution is -2.51. The SMILES string of the molecule is COC1(C)CCCN(S(=O)(=O)CC2CCCN2)C1. The summed E-state index contributed by atoms with van der Waals surface area (Å²) < 4.78 is 31.8. The van der Waals surface area contributed by atoms with Gasteiger partial charge >= 0.3 is 0 Å². The lowest BCUT2D eigenvalue weighted by atomic mass is 9.96. The van der Waals surface area contributed by atoms with Crippen LogP contribution in [0.15, 0.2) is 0 Å². The van der Waals surface area contributed by atoms with E-state index in [0.29, 0.717) is 13.1 Å². The number of nitrogens with one attached hydrogen (secondary N) is 1. The monoisotopic (exact) mass is 276 g/mol. The standard InChI is InChI=1S/C12H24N2O3S/c1-12(17-2)6-4-8-14(10-12)18(15,16)9-11-5-3-7-13-11/h11,13H,3-10H2,1-2H3. The zero-order chi connectivity index (χ0) is 13.2. The Balaban J connectivity index is 2.00. The van der Waals surface area contributed by atoms with Crippen molar-refractivity contribution in [1.82, 2.24) is 9.62 Å². The van der Waals surface area contributed by atoms with Gasteiger partial charge in [0.1, 0.15) is 0 Å². The van der Waals surface area contributed by atoms with Crippen LogP contribution in [-0.4, -0.2) is 56.9 Å². The van der Waals surface area contributed by atoms with Gasteiger partial charge in [-0.25, -0.2) is 8.42 Å². The molecular weight excluding hydrogens is 252 g/mol. The van der Waals surface area contributed by atoms with Gasteiger partial charge in [-0.2, -0.15) is 4.31 Å². The van der Waals surface area contributed by atoms with E-state index in [1.165, 1.54) is 0 Å². The molecule has 2 rings (SSSR count). The number of ether oxygens (including phenoxy) is 1. The smallest absolute Gasteiger partial charge is 0.215 e. The average Bonchev–Trinajstić information content (AvgIpc) is 2.81. The van der Waals surface area contributed by atoms with Crippen molar-refractivity contribution in [3.63, 3.8) is 0 Å². The number of nitrogens with zero attached hydrogens (tertiary/aromatic N) is 1. The first kappa shape index (κ1) is 14.2. The van der Waals surface area contributed by atoms with Crippen LogP contribution in [0.2, 0.25) is 0 Å². The van der Waals surface area contributed by atoms with E-state index in [-0.39, 0.29) is 17.4 Å². The van der Waals surface area contributed by atoms with Crippen molar-refractivity contribution in [3.8, 4) is 0 Å². The molecule has 0 aromatic carbocycles. The summed E-state index contributed by atoms with van der Waals surface area (Å²) in [5, 5.41) is 3.25. The molecule has 0 radical (unpaired) electrons. The van der Waals surface area contributed by atoms with Gasteiger partial charge in [-0.1, -0.05) is 0 Å². The van der Waals surface area contributed by atoms with Crippen molar-refractivity contribution < 1.29 is 13.2 Å². The first-order chi connectivity index (χ1) is 8.45. The number of sulfonamides is 1. The fourth-order valence-corrected chi connectivity index (χ4v) is 4.70. The van der Waals surface area contributed by atoms with Crippen LogP contribution < -0.4 is 5.32 Å². The molecule has 2 atom stereocenters. The lowest BCUT2D eigenvalue weighted by Gasteiger charge is -2.39. The van der Waals surface area contributed by atoms with Crippen LogP contribution in [0, 0.1) is 0 Å². The Morgan fingerprint density at radius 2 is 2.22 bits per heavy atom. The van der Waals surface area contributed by atoms with Gasteiger partial charge in [0.15, 0.2) is 0 Å². The van der Waals surface area contributed by atoms with E-state index in [2.05, 4.69) is 5.32 Å². The van der Waals surface area contributed by atoms with Crippen molar-refractivity contribution in [1.29, 1.82) is 0 Å². The fourth-order valence-electron chi connectivity index (χ4n) is 2.82. The summed E-state index contributed by atoms with van der Waals surface area (Å²) in [7, 11) is -1.50. The molecule has 2 heterocycles. The summed E-state index contributed by atoms with van der Waals surface area (Å²) in [4.78, 5) is 0. The Hall–Kier alpha value is -0.170. The van der Waals surface area contributed by atoms with Gasteiger partial charge in [-0.3, -0.25) is 0 Å². The molecule has 5 nitrogen and oxygen atoms in total. The molecule has 2 unspecified atom stereocenters. The first-order valence-electron chi connectivity index (χ1n) is 6.72. The van der Waals surface area contributed by atoms with Gasteiger partial charge in [0.25, 0.3) is 0 Å². The molecule has 18 heavy (non-hydrogen) atoms. The number of piperidine rings is 1. The zero-order valence-electron chi connectivity index (χ0n) is 11.3. The van der Waals surface area contributed by atoms with Crippen LogP contribution in [-0.2, 0) is 14.8 Å². The van der Waals surface area contributed by atoms with E-state index in [4.69, 9.17) is 4.74 Å². The van der Waals surface area contributed by atoms with Crippen molar-refractivity contribution >= 4 is 10.0 Å². The van der Waals surface area contributed by atoms with Gasteiger partial charge in [-0.05, 0) is 39.2 Å². The summed E-state index contributed by atoms with van der Waals surface area (Å²) >= 11 is 0. The lowest BCUT2D eigenvalue weighted by molar-refractivity contribution is -0.0319. The number of hydrogen-bond acceptors (Lipinski definition) is 4. The Labute approximate surface area is 110 Å². The van der Waals surface area contributed by atoms with E-state index in [1.54, 1.807) is 11.4 Å². The highest BCUT2D eigenvalue weighted by atomic mass is 32.2. The van der Waals surface area contributed by atoms with Gasteiger partial charge < -0.3 is 10.1 Å². The molecule has 0 saturated carbocycles. The van der Waals surface area contributed by atoms with Crippen LogP contribution in [0.5, 0.6) is 0 Å². The third-order valence-corrected chi connectivity index (χ3v) is 6.01. The van der Waals surface area contributed by atoms with Gasteiger partial charge in [-0.15, -0.1) is 0 Å². The molecule has 0 aromatic rings. The van der Waals surface area contributed by atoms with E-state index in [0.717, 1.165) is 32.2 Å². The average molecular weight is 276 g/mol. The van der Waals surface area contributed by atoms with Crippen LogP contribution >= 0.6 is 0 Å². The third kappa shape index (κ3) is 3.23. The molecule has 0 spiro atoms. The van der Waals surface area contributed by atoms with Gasteiger partial charge in [0.2, 0.25) is 10.0 Å². The zero-order valence-corrected chi connectivity index (χ0v) is 12.1. The highest BCUT2D eigenvalue weighted by Crippen LogP contribution is 2.26. The van der Waals surface area contributed by atoms with Crippen LogP contribution in [0.3, 0.4) is 0 Å². The molecule has 106 valence electrons. The molecule has 1 N–H and O–H groups in total. The van der Waals surface area contributed by atoms with Crippen LogP contribution in [0.1, 0.15) is 32.6 Å². The Kier molecular flexibility index (Phi) is 4.31. The molecular formula is C12H24N2O3S. The molecule has 2 saturated heterocycles. The highest BCUT2D eigenvalue weighted by Gasteiger charge is 2.37.